The smallest absolute Gasteiger partial charge is 0.292 e. The minimum Gasteiger partial charge on any atom is -0.377 e. The molecule has 124 valence electrons. The van der Waals surface area contributed by atoms with Crippen LogP contribution >= 0.6 is 0 Å². The van der Waals surface area contributed by atoms with Crippen LogP contribution in [0.1, 0.15) is 23.3 Å². The van der Waals surface area contributed by atoms with E-state index < -0.39 is 4.92 Å². The van der Waals surface area contributed by atoms with E-state index in [1.165, 1.54) is 24.7 Å². The number of hydrogen-bond donors (Lipinski definition) is 1. The molecule has 1 N–H and O–H groups in total. The van der Waals surface area contributed by atoms with Crippen LogP contribution in [0.2, 0.25) is 0 Å². The van der Waals surface area contributed by atoms with E-state index >= 15 is 0 Å². The van der Waals surface area contributed by atoms with Crippen LogP contribution in [0.15, 0.2) is 42.9 Å². The second-order valence-corrected chi connectivity index (χ2v) is 5.58. The molecule has 1 aliphatic heterocycles. The Balaban J connectivity index is 1.60. The molecule has 8 nitrogen and oxygen atoms in total. The molecule has 0 saturated carbocycles. The molecule has 2 heterocycles. The summed E-state index contributed by atoms with van der Waals surface area (Å²) in [6.45, 7) is 1.15. The second kappa shape index (κ2) is 7.03. The highest BCUT2D eigenvalue weighted by molar-refractivity contribution is 5.92. The van der Waals surface area contributed by atoms with Crippen molar-refractivity contribution < 1.29 is 9.72 Å². The van der Waals surface area contributed by atoms with Crippen LogP contribution in [0.3, 0.4) is 0 Å². The molecule has 1 aromatic carbocycles. The van der Waals surface area contributed by atoms with Gasteiger partial charge in [0.25, 0.3) is 11.6 Å². The molecule has 3 rings (SSSR count). The Morgan fingerprint density at radius 1 is 1.25 bits per heavy atom. The molecule has 1 amide bonds. The highest BCUT2D eigenvalue weighted by Crippen LogP contribution is 2.26. The molecule has 8 heteroatoms. The van der Waals surface area contributed by atoms with Crippen LogP contribution in [0.25, 0.3) is 0 Å². The van der Waals surface area contributed by atoms with Gasteiger partial charge in [0.2, 0.25) is 0 Å². The summed E-state index contributed by atoms with van der Waals surface area (Å²) in [4.78, 5) is 32.7. The van der Waals surface area contributed by atoms with Gasteiger partial charge in [-0.2, -0.15) is 0 Å². The number of piperidine rings is 1. The summed E-state index contributed by atoms with van der Waals surface area (Å²) in [6.07, 6.45) is 5.92. The monoisotopic (exact) mass is 327 g/mol. The number of carbonyl (C=O) groups is 1. The summed E-state index contributed by atoms with van der Waals surface area (Å²) in [5.74, 6) is -0.132. The maximum atomic E-state index is 12.3. The molecular weight excluding hydrogens is 310 g/mol. The Morgan fingerprint density at radius 3 is 2.67 bits per heavy atom. The Hall–Kier alpha value is -3.03. The molecule has 1 saturated heterocycles. The number of amides is 1. The summed E-state index contributed by atoms with van der Waals surface area (Å²) in [7, 11) is 0. The average Bonchev–Trinajstić information content (AvgIpc) is 2.63. The number of benzene rings is 1. The molecule has 0 bridgehead atoms. The lowest BCUT2D eigenvalue weighted by atomic mass is 10.0. The summed E-state index contributed by atoms with van der Waals surface area (Å²) >= 11 is 0. The van der Waals surface area contributed by atoms with Crippen molar-refractivity contribution in [3.8, 4) is 0 Å². The minimum absolute atomic E-state index is 0.0653. The number of nitrogens with zero attached hydrogens (tertiary/aromatic N) is 4. The van der Waals surface area contributed by atoms with Crippen LogP contribution in [0, 0.1) is 10.1 Å². The quantitative estimate of drug-likeness (QED) is 0.681. The van der Waals surface area contributed by atoms with Gasteiger partial charge >= 0.3 is 0 Å². The van der Waals surface area contributed by atoms with Gasteiger partial charge in [-0.1, -0.05) is 12.1 Å². The fourth-order valence-corrected chi connectivity index (χ4v) is 2.77. The molecule has 1 aliphatic rings. The molecule has 1 aromatic heterocycles. The van der Waals surface area contributed by atoms with Crippen LogP contribution < -0.4 is 5.32 Å². The first-order chi connectivity index (χ1) is 11.6. The predicted octanol–water partition coefficient (Wildman–Crippen LogP) is 2.10. The van der Waals surface area contributed by atoms with Crippen LogP contribution in [-0.4, -0.2) is 44.8 Å². The van der Waals surface area contributed by atoms with E-state index in [2.05, 4.69) is 15.3 Å². The zero-order valence-corrected chi connectivity index (χ0v) is 13.0. The van der Waals surface area contributed by atoms with Gasteiger partial charge in [0, 0.05) is 37.6 Å². The highest BCUT2D eigenvalue weighted by atomic mass is 16.6. The largest absolute Gasteiger partial charge is 0.377 e. The van der Waals surface area contributed by atoms with Crippen molar-refractivity contribution in [2.45, 2.75) is 18.9 Å². The molecule has 1 fully saturated rings. The summed E-state index contributed by atoms with van der Waals surface area (Å²) in [6, 6.07) is 6.69. The molecule has 24 heavy (non-hydrogen) atoms. The predicted molar refractivity (Wildman–Crippen MR) is 87.7 cm³/mol. The van der Waals surface area contributed by atoms with E-state index in [1.54, 1.807) is 23.1 Å². The molecular formula is C16H17N5O3. The highest BCUT2D eigenvalue weighted by Gasteiger charge is 2.25. The third kappa shape index (κ3) is 3.48. The average molecular weight is 327 g/mol. The van der Waals surface area contributed by atoms with Crippen molar-refractivity contribution >= 4 is 17.3 Å². The summed E-state index contributed by atoms with van der Waals surface area (Å²) < 4.78 is 0. The fraction of sp³-hybridized carbons (Fsp3) is 0.312. The zero-order chi connectivity index (χ0) is 16.9. The number of hydrogen-bond acceptors (Lipinski definition) is 6. The Labute approximate surface area is 138 Å². The zero-order valence-electron chi connectivity index (χ0n) is 13.0. The number of nitro benzene ring substituents is 1. The Kier molecular flexibility index (Phi) is 4.64. The first-order valence-corrected chi connectivity index (χ1v) is 7.70. The van der Waals surface area contributed by atoms with Gasteiger partial charge in [-0.05, 0) is 18.9 Å². The van der Waals surface area contributed by atoms with E-state index in [0.717, 1.165) is 12.8 Å². The number of likely N-dealkylation sites (tertiary alicyclic amines) is 1. The van der Waals surface area contributed by atoms with Gasteiger partial charge in [-0.3, -0.25) is 19.9 Å². The van der Waals surface area contributed by atoms with Crippen molar-refractivity contribution in [1.29, 1.82) is 0 Å². The van der Waals surface area contributed by atoms with E-state index in [1.807, 2.05) is 0 Å². The van der Waals surface area contributed by atoms with Gasteiger partial charge in [0.05, 0.1) is 11.1 Å². The van der Waals surface area contributed by atoms with Gasteiger partial charge in [-0.15, -0.1) is 0 Å². The standard InChI is InChI=1S/C16H17N5O3/c22-16(14-11-17-7-8-18-14)20-9-5-12(6-10-20)19-13-3-1-2-4-15(13)21(23)24/h1-4,7-8,11-12,19H,5-6,9-10H2. The number of carbonyl (C=O) groups excluding carboxylic acids is 1. The maximum Gasteiger partial charge on any atom is 0.292 e. The van der Waals surface area contributed by atoms with Gasteiger partial charge in [-0.25, -0.2) is 4.98 Å². The minimum atomic E-state index is -0.394. The fourth-order valence-electron chi connectivity index (χ4n) is 2.77. The lowest BCUT2D eigenvalue weighted by Gasteiger charge is -2.32. The third-order valence-corrected chi connectivity index (χ3v) is 4.02. The normalized spacial score (nSPS) is 15.1. The lowest BCUT2D eigenvalue weighted by molar-refractivity contribution is -0.384. The van der Waals surface area contributed by atoms with Gasteiger partial charge in [0.15, 0.2) is 0 Å². The van der Waals surface area contributed by atoms with Crippen LogP contribution in [0.4, 0.5) is 11.4 Å². The number of rotatable bonds is 4. The number of aromatic nitrogens is 2. The number of para-hydroxylation sites is 2. The topological polar surface area (TPSA) is 101 Å². The molecule has 0 radical (unpaired) electrons. The molecule has 0 unspecified atom stereocenters. The Morgan fingerprint density at radius 2 is 2.00 bits per heavy atom. The summed E-state index contributed by atoms with van der Waals surface area (Å²) in [5.41, 5.74) is 0.916. The first-order valence-electron chi connectivity index (χ1n) is 7.70. The van der Waals surface area contributed by atoms with Crippen molar-refractivity contribution in [2.24, 2.45) is 0 Å². The molecule has 0 aliphatic carbocycles. The molecule has 0 spiro atoms. The lowest BCUT2D eigenvalue weighted by Crippen LogP contribution is -2.42. The van der Waals surface area contributed by atoms with E-state index in [0.29, 0.717) is 24.5 Å². The van der Waals surface area contributed by atoms with Crippen molar-refractivity contribution in [3.63, 3.8) is 0 Å². The van der Waals surface area contributed by atoms with Crippen molar-refractivity contribution in [2.75, 3.05) is 18.4 Å². The Bertz CT molecular complexity index is 730. The van der Waals surface area contributed by atoms with E-state index in [-0.39, 0.29) is 17.6 Å². The van der Waals surface area contributed by atoms with Crippen LogP contribution in [-0.2, 0) is 0 Å². The maximum absolute atomic E-state index is 12.3. The van der Waals surface area contributed by atoms with Crippen molar-refractivity contribution in [3.05, 3.63) is 58.7 Å². The van der Waals surface area contributed by atoms with Crippen molar-refractivity contribution in [1.82, 2.24) is 14.9 Å². The van der Waals surface area contributed by atoms with E-state index in [4.69, 9.17) is 0 Å². The molecule has 2 aromatic rings. The SMILES string of the molecule is O=C(c1cnccn1)N1CCC(Nc2ccccc2[N+](=O)[O-])CC1. The summed E-state index contributed by atoms with van der Waals surface area (Å²) in [5, 5.41) is 14.3. The van der Waals surface area contributed by atoms with Gasteiger partial charge in [0.1, 0.15) is 11.4 Å². The first kappa shape index (κ1) is 15.9. The number of nitro groups is 1. The molecule has 0 atom stereocenters. The second-order valence-electron chi connectivity index (χ2n) is 5.58. The number of anilines is 1. The van der Waals surface area contributed by atoms with Crippen LogP contribution in [0.5, 0.6) is 0 Å². The van der Waals surface area contributed by atoms with E-state index in [9.17, 15) is 14.9 Å². The third-order valence-electron chi connectivity index (χ3n) is 4.02. The van der Waals surface area contributed by atoms with Gasteiger partial charge < -0.3 is 10.2 Å². The number of nitrogens with one attached hydrogen (secondary N) is 1.